The molecule has 0 saturated carbocycles. The largest absolute Gasteiger partial charge is 0.341 e. The molecule has 1 N–H and O–H groups in total. The topological polar surface area (TPSA) is 46.9 Å². The third-order valence-corrected chi connectivity index (χ3v) is 5.10. The average Bonchev–Trinajstić information content (AvgIpc) is 3.07. The molecule has 1 amide bonds. The zero-order chi connectivity index (χ0) is 20.2. The lowest BCUT2D eigenvalue weighted by molar-refractivity contribution is 0.0942. The van der Waals surface area contributed by atoms with Crippen LogP contribution in [0.15, 0.2) is 91.1 Å². The van der Waals surface area contributed by atoms with Gasteiger partial charge in [0, 0.05) is 17.6 Å². The minimum absolute atomic E-state index is 0.0991. The molecular formula is C25H23N3O. The Balaban J connectivity index is 1.69. The molecule has 0 radical (unpaired) electrons. The molecule has 0 aliphatic heterocycles. The van der Waals surface area contributed by atoms with Crippen LogP contribution in [0.3, 0.4) is 0 Å². The number of hydrogen-bond acceptors (Lipinski definition) is 2. The Labute approximate surface area is 170 Å². The molecule has 4 heteroatoms. The molecule has 2 heterocycles. The number of pyridine rings is 1. The first-order valence-corrected chi connectivity index (χ1v) is 9.66. The Hall–Kier alpha value is -3.66. The van der Waals surface area contributed by atoms with Gasteiger partial charge in [-0.25, -0.2) is 4.98 Å². The predicted molar refractivity (Wildman–Crippen MR) is 115 cm³/mol. The summed E-state index contributed by atoms with van der Waals surface area (Å²) in [6, 6.07) is 27.5. The highest BCUT2D eigenvalue weighted by molar-refractivity contribution is 5.96. The molecule has 0 atom stereocenters. The van der Waals surface area contributed by atoms with Crippen molar-refractivity contribution in [1.29, 1.82) is 0 Å². The summed E-state index contributed by atoms with van der Waals surface area (Å²) in [6.45, 7) is 3.95. The molecule has 0 fully saturated rings. The number of nitrogens with one attached hydrogen (secondary N) is 1. The summed E-state index contributed by atoms with van der Waals surface area (Å²) in [6.07, 6.45) is 1.76. The van der Waals surface area contributed by atoms with E-state index < -0.39 is 0 Å². The quantitative estimate of drug-likeness (QED) is 0.528. The fraction of sp³-hybridized carbons (Fsp3) is 0.120. The van der Waals surface area contributed by atoms with Crippen molar-refractivity contribution < 1.29 is 4.79 Å². The Morgan fingerprint density at radius 3 is 2.00 bits per heavy atom. The van der Waals surface area contributed by atoms with Gasteiger partial charge in [0.25, 0.3) is 5.91 Å². The van der Waals surface area contributed by atoms with E-state index in [0.717, 1.165) is 28.3 Å². The molecule has 4 aromatic rings. The average molecular weight is 381 g/mol. The van der Waals surface area contributed by atoms with Gasteiger partial charge in [0.1, 0.15) is 5.82 Å². The molecule has 0 spiro atoms. The number of carbonyl (C=O) groups is 1. The second-order valence-corrected chi connectivity index (χ2v) is 7.04. The van der Waals surface area contributed by atoms with Crippen LogP contribution in [0, 0.1) is 13.8 Å². The van der Waals surface area contributed by atoms with Gasteiger partial charge in [-0.15, -0.1) is 0 Å². The van der Waals surface area contributed by atoms with E-state index in [1.54, 1.807) is 6.20 Å². The second kappa shape index (κ2) is 8.15. The number of rotatable bonds is 5. The number of benzene rings is 2. The van der Waals surface area contributed by atoms with Gasteiger partial charge in [-0.2, -0.15) is 0 Å². The van der Waals surface area contributed by atoms with Gasteiger partial charge in [-0.3, -0.25) is 4.79 Å². The normalized spacial score (nSPS) is 10.9. The van der Waals surface area contributed by atoms with Gasteiger partial charge in [0.2, 0.25) is 0 Å². The van der Waals surface area contributed by atoms with Crippen molar-refractivity contribution >= 4 is 5.91 Å². The van der Waals surface area contributed by atoms with Crippen LogP contribution in [0.2, 0.25) is 0 Å². The monoisotopic (exact) mass is 381 g/mol. The van der Waals surface area contributed by atoms with Gasteiger partial charge in [0.15, 0.2) is 0 Å². The van der Waals surface area contributed by atoms with E-state index in [0.29, 0.717) is 5.56 Å². The third kappa shape index (κ3) is 3.83. The van der Waals surface area contributed by atoms with Crippen molar-refractivity contribution in [3.8, 4) is 5.82 Å². The van der Waals surface area contributed by atoms with E-state index >= 15 is 0 Å². The van der Waals surface area contributed by atoms with Gasteiger partial charge in [-0.1, -0.05) is 66.7 Å². The van der Waals surface area contributed by atoms with Crippen LogP contribution in [0.1, 0.15) is 38.9 Å². The number of aromatic nitrogens is 2. The molecule has 0 aliphatic carbocycles. The lowest BCUT2D eigenvalue weighted by Crippen LogP contribution is -2.29. The highest BCUT2D eigenvalue weighted by Crippen LogP contribution is 2.24. The van der Waals surface area contributed by atoms with Crippen LogP contribution in [0.25, 0.3) is 5.82 Å². The maximum Gasteiger partial charge on any atom is 0.253 e. The van der Waals surface area contributed by atoms with Crippen LogP contribution in [0.5, 0.6) is 0 Å². The van der Waals surface area contributed by atoms with Crippen LogP contribution in [-0.4, -0.2) is 15.5 Å². The fourth-order valence-corrected chi connectivity index (χ4v) is 3.69. The summed E-state index contributed by atoms with van der Waals surface area (Å²) < 4.78 is 2.01. The smallest absolute Gasteiger partial charge is 0.253 e. The Bertz CT molecular complexity index is 1060. The zero-order valence-electron chi connectivity index (χ0n) is 16.5. The minimum atomic E-state index is -0.220. The number of aryl methyl sites for hydroxylation is 1. The van der Waals surface area contributed by atoms with Crippen LogP contribution in [-0.2, 0) is 0 Å². The van der Waals surface area contributed by atoms with Gasteiger partial charge >= 0.3 is 0 Å². The molecule has 4 rings (SSSR count). The Morgan fingerprint density at radius 2 is 1.45 bits per heavy atom. The molecule has 0 saturated heterocycles. The third-order valence-electron chi connectivity index (χ3n) is 5.10. The van der Waals surface area contributed by atoms with Crippen molar-refractivity contribution in [3.05, 3.63) is 119 Å². The van der Waals surface area contributed by atoms with Crippen molar-refractivity contribution in [3.63, 3.8) is 0 Å². The number of hydrogen-bond donors (Lipinski definition) is 1. The fourth-order valence-electron chi connectivity index (χ4n) is 3.69. The van der Waals surface area contributed by atoms with E-state index in [2.05, 4.69) is 10.3 Å². The maximum absolute atomic E-state index is 13.3. The second-order valence-electron chi connectivity index (χ2n) is 7.04. The predicted octanol–water partition coefficient (Wildman–Crippen LogP) is 5.01. The van der Waals surface area contributed by atoms with E-state index in [1.807, 2.05) is 103 Å². The molecule has 4 nitrogen and oxygen atoms in total. The summed E-state index contributed by atoms with van der Waals surface area (Å²) in [7, 11) is 0. The van der Waals surface area contributed by atoms with Gasteiger partial charge < -0.3 is 9.88 Å². The zero-order valence-corrected chi connectivity index (χ0v) is 16.5. The summed E-state index contributed by atoms with van der Waals surface area (Å²) >= 11 is 0. The number of amides is 1. The van der Waals surface area contributed by atoms with E-state index in [-0.39, 0.29) is 11.9 Å². The summed E-state index contributed by atoms with van der Waals surface area (Å²) in [5.74, 6) is 0.710. The molecule has 0 unspecified atom stereocenters. The molecule has 2 aromatic heterocycles. The van der Waals surface area contributed by atoms with E-state index in [4.69, 9.17) is 0 Å². The summed E-state index contributed by atoms with van der Waals surface area (Å²) in [5.41, 5.74) is 4.60. The molecular weight excluding hydrogens is 358 g/mol. The van der Waals surface area contributed by atoms with Crippen LogP contribution < -0.4 is 5.32 Å². The highest BCUT2D eigenvalue weighted by Gasteiger charge is 2.21. The van der Waals surface area contributed by atoms with E-state index in [9.17, 15) is 4.79 Å². The van der Waals surface area contributed by atoms with Gasteiger partial charge in [-0.05, 0) is 43.2 Å². The van der Waals surface area contributed by atoms with Crippen molar-refractivity contribution in [2.45, 2.75) is 19.9 Å². The molecule has 0 bridgehead atoms. The first kappa shape index (κ1) is 18.7. The maximum atomic E-state index is 13.3. The van der Waals surface area contributed by atoms with Crippen LogP contribution >= 0.6 is 0 Å². The standard InChI is InChI=1S/C25H23N3O/c1-18-17-22(19(2)28(18)23-15-9-10-16-26-23)25(29)27-24(20-11-5-3-6-12-20)21-13-7-4-8-14-21/h3-17,24H,1-2H3,(H,27,29). The summed E-state index contributed by atoms with van der Waals surface area (Å²) in [4.78, 5) is 17.7. The molecule has 144 valence electrons. The van der Waals surface area contributed by atoms with E-state index in [1.165, 1.54) is 0 Å². The van der Waals surface area contributed by atoms with Gasteiger partial charge in [0.05, 0.1) is 11.6 Å². The number of carbonyl (C=O) groups excluding carboxylic acids is 1. The lowest BCUT2D eigenvalue weighted by Gasteiger charge is -2.20. The van der Waals surface area contributed by atoms with Crippen molar-refractivity contribution in [2.75, 3.05) is 0 Å². The molecule has 0 aliphatic rings. The number of nitrogens with zero attached hydrogens (tertiary/aromatic N) is 2. The first-order chi connectivity index (χ1) is 14.1. The minimum Gasteiger partial charge on any atom is -0.341 e. The van der Waals surface area contributed by atoms with Crippen molar-refractivity contribution in [1.82, 2.24) is 14.9 Å². The van der Waals surface area contributed by atoms with Crippen molar-refractivity contribution in [2.24, 2.45) is 0 Å². The first-order valence-electron chi connectivity index (χ1n) is 9.66. The highest BCUT2D eigenvalue weighted by atomic mass is 16.1. The molecule has 29 heavy (non-hydrogen) atoms. The molecule has 2 aromatic carbocycles. The Kier molecular flexibility index (Phi) is 5.25. The summed E-state index contributed by atoms with van der Waals surface area (Å²) in [5, 5.41) is 3.23. The SMILES string of the molecule is Cc1cc(C(=O)NC(c2ccccc2)c2ccccc2)c(C)n1-c1ccccn1. The lowest BCUT2D eigenvalue weighted by atomic mass is 9.98. The van der Waals surface area contributed by atoms with Crippen LogP contribution in [0.4, 0.5) is 0 Å². The Morgan fingerprint density at radius 1 is 0.862 bits per heavy atom.